The van der Waals surface area contributed by atoms with Gasteiger partial charge in [-0.25, -0.2) is 8.42 Å². The maximum Gasteiger partial charge on any atom is 0.419 e. The van der Waals surface area contributed by atoms with E-state index in [1.807, 2.05) is 0 Å². The van der Waals surface area contributed by atoms with Crippen LogP contribution >= 0.6 is 0 Å². The van der Waals surface area contributed by atoms with E-state index >= 15 is 0 Å². The summed E-state index contributed by atoms with van der Waals surface area (Å²) in [4.78, 5) is 0. The van der Waals surface area contributed by atoms with Gasteiger partial charge in [0.1, 0.15) is 5.84 Å². The predicted octanol–water partition coefficient (Wildman–Crippen LogP) is 2.27. The van der Waals surface area contributed by atoms with E-state index < -0.39 is 27.6 Å². The summed E-state index contributed by atoms with van der Waals surface area (Å²) in [5.41, 5.74) is -0.354. The van der Waals surface area contributed by atoms with Gasteiger partial charge in [0.15, 0.2) is 0 Å². The summed E-state index contributed by atoms with van der Waals surface area (Å²) in [6, 6.07) is 6.26. The summed E-state index contributed by atoms with van der Waals surface area (Å²) >= 11 is 0. The smallest absolute Gasteiger partial charge is 0.366 e. The van der Waals surface area contributed by atoms with Crippen molar-refractivity contribution in [2.45, 2.75) is 12.7 Å². The van der Waals surface area contributed by atoms with Crippen LogP contribution in [0.2, 0.25) is 0 Å². The van der Waals surface area contributed by atoms with Crippen molar-refractivity contribution in [3.63, 3.8) is 0 Å². The lowest BCUT2D eigenvalue weighted by Gasteiger charge is -2.18. The second-order valence-electron chi connectivity index (χ2n) is 4.61. The SMILES string of the molecule is C=C(C(=N)NCc1cccc(N(C)S(C)(=O)=O)c1)C(F)(F)F. The fourth-order valence-electron chi connectivity index (χ4n) is 1.49. The first-order chi connectivity index (χ1) is 9.93. The summed E-state index contributed by atoms with van der Waals surface area (Å²) in [5, 5.41) is 9.61. The number of hydrogen-bond acceptors (Lipinski definition) is 3. The van der Waals surface area contributed by atoms with Gasteiger partial charge in [-0.1, -0.05) is 18.7 Å². The highest BCUT2D eigenvalue weighted by Crippen LogP contribution is 2.24. The molecular weight excluding hydrogens is 319 g/mol. The molecule has 0 fully saturated rings. The number of rotatable bonds is 5. The second kappa shape index (κ2) is 6.39. The average molecular weight is 335 g/mol. The molecule has 0 aromatic heterocycles. The van der Waals surface area contributed by atoms with Crippen LogP contribution in [0.25, 0.3) is 0 Å². The van der Waals surface area contributed by atoms with Gasteiger partial charge >= 0.3 is 6.18 Å². The van der Waals surface area contributed by atoms with Crippen LogP contribution in [-0.2, 0) is 16.6 Å². The molecule has 0 heterocycles. The third kappa shape index (κ3) is 4.76. The van der Waals surface area contributed by atoms with E-state index in [0.717, 1.165) is 10.6 Å². The Labute approximate surface area is 127 Å². The van der Waals surface area contributed by atoms with Gasteiger partial charge in [-0.05, 0) is 17.7 Å². The van der Waals surface area contributed by atoms with Crippen molar-refractivity contribution in [1.29, 1.82) is 5.41 Å². The Morgan fingerprint density at radius 2 is 2.00 bits per heavy atom. The minimum atomic E-state index is -4.66. The summed E-state index contributed by atoms with van der Waals surface area (Å²) in [6.07, 6.45) is -3.62. The number of halogens is 3. The topological polar surface area (TPSA) is 73.3 Å². The van der Waals surface area contributed by atoms with Gasteiger partial charge in [0.2, 0.25) is 10.0 Å². The summed E-state index contributed by atoms with van der Waals surface area (Å²) in [5.74, 6) is -0.825. The van der Waals surface area contributed by atoms with Gasteiger partial charge in [0.25, 0.3) is 0 Å². The summed E-state index contributed by atoms with van der Waals surface area (Å²) < 4.78 is 61.1. The molecule has 0 spiro atoms. The van der Waals surface area contributed by atoms with Crippen LogP contribution in [0.3, 0.4) is 0 Å². The van der Waals surface area contributed by atoms with Gasteiger partial charge < -0.3 is 5.32 Å². The van der Waals surface area contributed by atoms with Gasteiger partial charge in [0.05, 0.1) is 17.5 Å². The molecule has 0 unspecified atom stereocenters. The fourth-order valence-corrected chi connectivity index (χ4v) is 1.99. The molecule has 0 atom stereocenters. The van der Waals surface area contributed by atoms with Crippen molar-refractivity contribution in [3.8, 4) is 0 Å². The number of anilines is 1. The maximum atomic E-state index is 12.4. The van der Waals surface area contributed by atoms with Crippen LogP contribution in [0.15, 0.2) is 36.4 Å². The van der Waals surface area contributed by atoms with Crippen molar-refractivity contribution >= 4 is 21.5 Å². The van der Waals surface area contributed by atoms with Crippen molar-refractivity contribution in [3.05, 3.63) is 42.0 Å². The van der Waals surface area contributed by atoms with Crippen LogP contribution in [0.4, 0.5) is 18.9 Å². The van der Waals surface area contributed by atoms with Gasteiger partial charge in [0, 0.05) is 13.6 Å². The normalized spacial score (nSPS) is 11.9. The first-order valence-corrected chi connectivity index (χ1v) is 7.89. The molecule has 0 aliphatic carbocycles. The summed E-state index contributed by atoms with van der Waals surface area (Å²) in [7, 11) is -2.06. The molecule has 9 heteroatoms. The lowest BCUT2D eigenvalue weighted by Crippen LogP contribution is -2.30. The Kier molecular flexibility index (Phi) is 5.23. The first-order valence-electron chi connectivity index (χ1n) is 6.04. The number of hydrogen-bond donors (Lipinski definition) is 2. The highest BCUT2D eigenvalue weighted by molar-refractivity contribution is 7.92. The van der Waals surface area contributed by atoms with Crippen molar-refractivity contribution in [2.75, 3.05) is 17.6 Å². The molecule has 1 aromatic rings. The van der Waals surface area contributed by atoms with Gasteiger partial charge in [-0.2, -0.15) is 13.2 Å². The van der Waals surface area contributed by atoms with E-state index in [1.54, 1.807) is 18.2 Å². The lowest BCUT2D eigenvalue weighted by atomic mass is 10.2. The number of sulfonamides is 1. The molecule has 0 amide bonds. The Balaban J connectivity index is 2.81. The van der Waals surface area contributed by atoms with Crippen LogP contribution in [0.5, 0.6) is 0 Å². The van der Waals surface area contributed by atoms with E-state index in [0.29, 0.717) is 11.3 Å². The van der Waals surface area contributed by atoms with Gasteiger partial charge in [-0.3, -0.25) is 9.71 Å². The molecule has 0 saturated heterocycles. The third-order valence-corrected chi connectivity index (χ3v) is 4.09. The number of amidine groups is 1. The molecule has 1 rings (SSSR count). The molecule has 0 radical (unpaired) electrons. The van der Waals surface area contributed by atoms with Crippen molar-refractivity contribution < 1.29 is 21.6 Å². The zero-order valence-electron chi connectivity index (χ0n) is 12.0. The quantitative estimate of drug-likeness (QED) is 0.640. The van der Waals surface area contributed by atoms with Crippen molar-refractivity contribution in [1.82, 2.24) is 5.32 Å². The largest absolute Gasteiger partial charge is 0.419 e. The van der Waals surface area contributed by atoms with Gasteiger partial charge in [-0.15, -0.1) is 0 Å². The van der Waals surface area contributed by atoms with E-state index in [1.165, 1.54) is 13.1 Å². The standard InChI is InChI=1S/C13H16F3N3O2S/c1-9(13(14,15)16)12(17)18-8-10-5-4-6-11(7-10)19(2)22(3,20)21/h4-7H,1,8H2,2-3H3,(H2,17,18). The lowest BCUT2D eigenvalue weighted by molar-refractivity contribution is -0.0860. The number of alkyl halides is 3. The van der Waals surface area contributed by atoms with E-state index in [2.05, 4.69) is 11.9 Å². The Bertz CT molecular complexity index is 684. The Morgan fingerprint density at radius 3 is 2.50 bits per heavy atom. The Hall–Kier alpha value is -2.03. The molecule has 0 bridgehead atoms. The summed E-state index contributed by atoms with van der Waals surface area (Å²) in [6.45, 7) is 2.76. The zero-order chi connectivity index (χ0) is 17.1. The highest BCUT2D eigenvalue weighted by atomic mass is 32.2. The predicted molar refractivity (Wildman–Crippen MR) is 79.5 cm³/mol. The maximum absolute atomic E-state index is 12.4. The zero-order valence-corrected chi connectivity index (χ0v) is 12.8. The first kappa shape index (κ1) is 18.0. The van der Waals surface area contributed by atoms with Crippen LogP contribution in [0.1, 0.15) is 5.56 Å². The van der Waals surface area contributed by atoms with Crippen LogP contribution in [-0.4, -0.2) is 33.7 Å². The molecule has 0 saturated carbocycles. The number of nitrogens with zero attached hydrogens (tertiary/aromatic N) is 1. The fraction of sp³-hybridized carbons (Fsp3) is 0.308. The number of nitrogens with one attached hydrogen (secondary N) is 2. The Morgan fingerprint density at radius 1 is 1.41 bits per heavy atom. The molecule has 1 aromatic carbocycles. The van der Waals surface area contributed by atoms with E-state index in [9.17, 15) is 21.6 Å². The average Bonchev–Trinajstić information content (AvgIpc) is 2.41. The molecular formula is C13H16F3N3O2S. The monoisotopic (exact) mass is 335 g/mol. The highest BCUT2D eigenvalue weighted by Gasteiger charge is 2.34. The van der Waals surface area contributed by atoms with Crippen LogP contribution in [0, 0.1) is 5.41 Å². The second-order valence-corrected chi connectivity index (χ2v) is 6.62. The number of benzene rings is 1. The molecule has 2 N–H and O–H groups in total. The van der Waals surface area contributed by atoms with Crippen molar-refractivity contribution in [2.24, 2.45) is 0 Å². The van der Waals surface area contributed by atoms with E-state index in [4.69, 9.17) is 5.41 Å². The van der Waals surface area contributed by atoms with Crippen LogP contribution < -0.4 is 9.62 Å². The molecule has 22 heavy (non-hydrogen) atoms. The molecule has 0 aliphatic rings. The molecule has 122 valence electrons. The molecule has 0 aliphatic heterocycles. The third-order valence-electron chi connectivity index (χ3n) is 2.88. The van der Waals surface area contributed by atoms with E-state index in [-0.39, 0.29) is 6.54 Å². The molecule has 5 nitrogen and oxygen atoms in total. The minimum absolute atomic E-state index is 0.0562. The minimum Gasteiger partial charge on any atom is -0.366 e.